The molecule has 1 heterocycles. The summed E-state index contributed by atoms with van der Waals surface area (Å²) >= 11 is 0. The lowest BCUT2D eigenvalue weighted by Crippen LogP contribution is -2.46. The Morgan fingerprint density at radius 1 is 1.77 bits per heavy atom. The first-order valence-electron chi connectivity index (χ1n) is 4.38. The minimum Gasteiger partial charge on any atom is -0.465 e. The van der Waals surface area contributed by atoms with E-state index in [4.69, 9.17) is 10.4 Å². The fourth-order valence-electron chi connectivity index (χ4n) is 1.98. The molecule has 0 aromatic rings. The van der Waals surface area contributed by atoms with Crippen LogP contribution in [0.15, 0.2) is 0 Å². The molecule has 13 heavy (non-hydrogen) atoms. The Labute approximate surface area is 77.8 Å². The third-order valence-electron chi connectivity index (χ3n) is 2.64. The highest BCUT2D eigenvalue weighted by atomic mass is 16.4. The van der Waals surface area contributed by atoms with Crippen molar-refractivity contribution in [3.8, 4) is 6.07 Å². The molecule has 1 fully saturated rings. The summed E-state index contributed by atoms with van der Waals surface area (Å²) in [4.78, 5) is 12.3. The van der Waals surface area contributed by atoms with Crippen LogP contribution in [0, 0.1) is 11.3 Å². The number of carbonyl (C=O) groups is 1. The van der Waals surface area contributed by atoms with E-state index in [1.54, 1.807) is 0 Å². The van der Waals surface area contributed by atoms with Crippen molar-refractivity contribution in [2.24, 2.45) is 0 Å². The second-order valence-corrected chi connectivity index (χ2v) is 4.02. The number of hydrogen-bond acceptors (Lipinski definition) is 2. The summed E-state index contributed by atoms with van der Waals surface area (Å²) in [5.41, 5.74) is -0.312. The third-order valence-corrected chi connectivity index (χ3v) is 2.64. The Kier molecular flexibility index (Phi) is 2.46. The van der Waals surface area contributed by atoms with E-state index in [9.17, 15) is 4.79 Å². The molecule has 1 atom stereocenters. The van der Waals surface area contributed by atoms with Gasteiger partial charge in [0.05, 0.1) is 12.5 Å². The Hall–Kier alpha value is -1.24. The Balaban J connectivity index is 2.81. The lowest BCUT2D eigenvalue weighted by Gasteiger charge is -2.32. The molecule has 1 saturated heterocycles. The molecule has 0 aromatic heterocycles. The maximum absolute atomic E-state index is 10.9. The van der Waals surface area contributed by atoms with Crippen LogP contribution in [-0.2, 0) is 0 Å². The van der Waals surface area contributed by atoms with E-state index in [-0.39, 0.29) is 11.6 Å². The van der Waals surface area contributed by atoms with Gasteiger partial charge < -0.3 is 5.11 Å². The zero-order chi connectivity index (χ0) is 10.1. The van der Waals surface area contributed by atoms with Gasteiger partial charge in [0.2, 0.25) is 0 Å². The number of carboxylic acid groups (broad SMARTS) is 1. The van der Waals surface area contributed by atoms with E-state index in [1.807, 2.05) is 19.9 Å². The molecular weight excluding hydrogens is 168 g/mol. The topological polar surface area (TPSA) is 64.3 Å². The van der Waals surface area contributed by atoms with Crippen molar-refractivity contribution < 1.29 is 9.90 Å². The van der Waals surface area contributed by atoms with Gasteiger partial charge in [-0.05, 0) is 26.7 Å². The second-order valence-electron chi connectivity index (χ2n) is 4.02. The highest BCUT2D eigenvalue weighted by Crippen LogP contribution is 2.34. The van der Waals surface area contributed by atoms with Crippen molar-refractivity contribution in [1.82, 2.24) is 4.90 Å². The number of nitrogens with zero attached hydrogens (tertiary/aromatic N) is 2. The van der Waals surface area contributed by atoms with Crippen LogP contribution in [0.5, 0.6) is 0 Å². The molecule has 1 N–H and O–H groups in total. The predicted octanol–water partition coefficient (Wildman–Crippen LogP) is 1.82. The summed E-state index contributed by atoms with van der Waals surface area (Å²) in [6, 6.07) is 1.91. The molecule has 0 bridgehead atoms. The highest BCUT2D eigenvalue weighted by molar-refractivity contribution is 5.67. The number of likely N-dealkylation sites (tertiary alicyclic amines) is 1. The van der Waals surface area contributed by atoms with E-state index < -0.39 is 6.09 Å². The summed E-state index contributed by atoms with van der Waals surface area (Å²) in [6.45, 7) is 3.80. The van der Waals surface area contributed by atoms with Crippen LogP contribution in [0.25, 0.3) is 0 Å². The molecule has 0 saturated carbocycles. The third kappa shape index (κ3) is 1.74. The van der Waals surface area contributed by atoms with Crippen LogP contribution in [-0.4, -0.2) is 27.7 Å². The first-order valence-corrected chi connectivity index (χ1v) is 4.38. The average molecular weight is 182 g/mol. The summed E-state index contributed by atoms with van der Waals surface area (Å²) in [5.74, 6) is 0. The van der Waals surface area contributed by atoms with Gasteiger partial charge in [-0.1, -0.05) is 0 Å². The molecule has 0 aliphatic carbocycles. The molecule has 1 aliphatic heterocycles. The average Bonchev–Trinajstić information content (AvgIpc) is 2.26. The minimum atomic E-state index is -0.914. The van der Waals surface area contributed by atoms with Gasteiger partial charge in [-0.25, -0.2) is 4.79 Å². The Morgan fingerprint density at radius 2 is 2.38 bits per heavy atom. The van der Waals surface area contributed by atoms with E-state index in [1.165, 1.54) is 4.90 Å². The maximum atomic E-state index is 10.9. The summed E-state index contributed by atoms with van der Waals surface area (Å²) in [5, 5.41) is 17.5. The second kappa shape index (κ2) is 3.25. The van der Waals surface area contributed by atoms with Crippen molar-refractivity contribution in [1.29, 1.82) is 5.26 Å². The molecule has 72 valence electrons. The number of hydrogen-bond donors (Lipinski definition) is 1. The quantitative estimate of drug-likeness (QED) is 0.672. The standard InChI is InChI=1S/C9H14N2O2/c1-9(2)5-3-7(4-6-10)11(9)8(12)13/h7H,3-5H2,1-2H3,(H,12,13)/t7-/m0/s1. The first kappa shape index (κ1) is 9.85. The van der Waals surface area contributed by atoms with Gasteiger partial charge in [0, 0.05) is 11.6 Å². The monoisotopic (exact) mass is 182 g/mol. The normalized spacial score (nSPS) is 25.6. The van der Waals surface area contributed by atoms with Gasteiger partial charge >= 0.3 is 6.09 Å². The van der Waals surface area contributed by atoms with Gasteiger partial charge in [-0.2, -0.15) is 5.26 Å². The zero-order valence-electron chi connectivity index (χ0n) is 7.95. The fraction of sp³-hybridized carbons (Fsp3) is 0.778. The first-order chi connectivity index (χ1) is 5.99. The fourth-order valence-corrected chi connectivity index (χ4v) is 1.98. The molecule has 1 amide bonds. The molecule has 4 heteroatoms. The number of nitriles is 1. The van der Waals surface area contributed by atoms with Gasteiger partial charge in [0.15, 0.2) is 0 Å². The smallest absolute Gasteiger partial charge is 0.408 e. The van der Waals surface area contributed by atoms with E-state index in [0.717, 1.165) is 12.8 Å². The lowest BCUT2D eigenvalue weighted by molar-refractivity contribution is 0.0969. The summed E-state index contributed by atoms with van der Waals surface area (Å²) < 4.78 is 0. The molecule has 0 spiro atoms. The number of amides is 1. The van der Waals surface area contributed by atoms with Crippen molar-refractivity contribution in [3.05, 3.63) is 0 Å². The molecule has 1 rings (SSSR count). The van der Waals surface area contributed by atoms with Gasteiger partial charge in [-0.15, -0.1) is 0 Å². The van der Waals surface area contributed by atoms with Gasteiger partial charge in [-0.3, -0.25) is 4.90 Å². The van der Waals surface area contributed by atoms with Crippen LogP contribution in [0.4, 0.5) is 4.79 Å². The molecule has 1 aliphatic rings. The predicted molar refractivity (Wildman–Crippen MR) is 47.2 cm³/mol. The van der Waals surface area contributed by atoms with Crippen LogP contribution >= 0.6 is 0 Å². The summed E-state index contributed by atoms with van der Waals surface area (Å²) in [7, 11) is 0. The van der Waals surface area contributed by atoms with Crippen molar-refractivity contribution in [2.75, 3.05) is 0 Å². The largest absolute Gasteiger partial charge is 0.465 e. The highest BCUT2D eigenvalue weighted by Gasteiger charge is 2.42. The van der Waals surface area contributed by atoms with Crippen LogP contribution in [0.3, 0.4) is 0 Å². The Bertz CT molecular complexity index is 255. The van der Waals surface area contributed by atoms with E-state index in [0.29, 0.717) is 6.42 Å². The molecule has 4 nitrogen and oxygen atoms in total. The zero-order valence-corrected chi connectivity index (χ0v) is 7.95. The van der Waals surface area contributed by atoms with Gasteiger partial charge in [0.25, 0.3) is 0 Å². The lowest BCUT2D eigenvalue weighted by atomic mass is 10.0. The van der Waals surface area contributed by atoms with Crippen molar-refractivity contribution in [2.45, 2.75) is 44.7 Å². The summed E-state index contributed by atoms with van der Waals surface area (Å²) in [6.07, 6.45) is 1.02. The Morgan fingerprint density at radius 3 is 2.85 bits per heavy atom. The molecule has 0 aromatic carbocycles. The van der Waals surface area contributed by atoms with Gasteiger partial charge in [0.1, 0.15) is 0 Å². The van der Waals surface area contributed by atoms with Crippen LogP contribution in [0.2, 0.25) is 0 Å². The van der Waals surface area contributed by atoms with Crippen LogP contribution in [0.1, 0.15) is 33.1 Å². The van der Waals surface area contributed by atoms with Crippen LogP contribution < -0.4 is 0 Å². The molecular formula is C9H14N2O2. The maximum Gasteiger partial charge on any atom is 0.408 e. The number of rotatable bonds is 1. The SMILES string of the molecule is CC1(C)CC[C@@H](CC#N)N1C(=O)O. The molecule has 0 unspecified atom stereocenters. The van der Waals surface area contributed by atoms with Crippen molar-refractivity contribution in [3.63, 3.8) is 0 Å². The van der Waals surface area contributed by atoms with E-state index in [2.05, 4.69) is 0 Å². The van der Waals surface area contributed by atoms with Crippen molar-refractivity contribution >= 4 is 6.09 Å². The minimum absolute atomic E-state index is 0.113. The van der Waals surface area contributed by atoms with E-state index >= 15 is 0 Å². The molecule has 0 radical (unpaired) electrons.